The molecule has 1 heterocycles. The molecule has 134 valence electrons. The molecule has 0 spiro atoms. The smallest absolute Gasteiger partial charge is 0.270 e. The molecule has 0 unspecified atom stereocenters. The lowest BCUT2D eigenvalue weighted by Crippen LogP contribution is -2.52. The number of thiazole rings is 1. The molecule has 2 aromatic rings. The predicted octanol–water partition coefficient (Wildman–Crippen LogP) is 4.19. The number of benzene rings is 1. The van der Waals surface area contributed by atoms with E-state index in [9.17, 15) is 4.79 Å². The van der Waals surface area contributed by atoms with E-state index in [0.29, 0.717) is 12.2 Å². The monoisotopic (exact) mass is 357 g/mol. The Hall–Kier alpha value is -1.72. The van der Waals surface area contributed by atoms with Gasteiger partial charge in [0.2, 0.25) is 0 Å². The lowest BCUT2D eigenvalue weighted by atomic mass is 9.88. The molecule has 25 heavy (non-hydrogen) atoms. The van der Waals surface area contributed by atoms with E-state index in [4.69, 9.17) is 0 Å². The molecule has 1 aromatic carbocycles. The summed E-state index contributed by atoms with van der Waals surface area (Å²) >= 11 is 1.52. The number of nitrogens with one attached hydrogen (secondary N) is 1. The molecule has 5 heteroatoms. The van der Waals surface area contributed by atoms with Crippen LogP contribution in [0.3, 0.4) is 0 Å². The standard InChI is InChI=1S/C20H27N3OS/c1-23(2)20(12-8-3-4-9-13-20)15-21-18(24)17-14-25-19(22-17)16-10-6-5-7-11-16/h5-7,10-11,14H,3-4,8-9,12-13,15H2,1-2H3,(H,21,24). The molecule has 1 amide bonds. The van der Waals surface area contributed by atoms with E-state index in [1.165, 1.54) is 37.0 Å². The van der Waals surface area contributed by atoms with Crippen molar-refractivity contribution in [2.24, 2.45) is 0 Å². The van der Waals surface area contributed by atoms with Crippen LogP contribution in [-0.4, -0.2) is 42.0 Å². The van der Waals surface area contributed by atoms with Crippen molar-refractivity contribution in [3.05, 3.63) is 41.4 Å². The maximum atomic E-state index is 12.6. The molecule has 1 aromatic heterocycles. The summed E-state index contributed by atoms with van der Waals surface area (Å²) in [6, 6.07) is 10.0. The van der Waals surface area contributed by atoms with Crippen LogP contribution in [0.1, 0.15) is 49.0 Å². The highest BCUT2D eigenvalue weighted by Crippen LogP contribution is 2.30. The van der Waals surface area contributed by atoms with Gasteiger partial charge < -0.3 is 10.2 Å². The van der Waals surface area contributed by atoms with Crippen LogP contribution in [0.2, 0.25) is 0 Å². The Bertz CT molecular complexity index is 688. The van der Waals surface area contributed by atoms with Gasteiger partial charge >= 0.3 is 0 Å². The zero-order chi connectivity index (χ0) is 17.7. The topological polar surface area (TPSA) is 45.2 Å². The van der Waals surface area contributed by atoms with Gasteiger partial charge in [0.1, 0.15) is 10.7 Å². The summed E-state index contributed by atoms with van der Waals surface area (Å²) in [6.07, 6.45) is 7.37. The molecule has 1 aliphatic rings. The number of nitrogens with zero attached hydrogens (tertiary/aromatic N) is 2. The van der Waals surface area contributed by atoms with Crippen LogP contribution < -0.4 is 5.32 Å². The Morgan fingerprint density at radius 3 is 2.48 bits per heavy atom. The number of amides is 1. The quantitative estimate of drug-likeness (QED) is 0.816. The van der Waals surface area contributed by atoms with Gasteiger partial charge in [-0.3, -0.25) is 4.79 Å². The van der Waals surface area contributed by atoms with E-state index in [2.05, 4.69) is 29.3 Å². The fourth-order valence-electron chi connectivity index (χ4n) is 3.60. The SMILES string of the molecule is CN(C)C1(CNC(=O)c2csc(-c3ccccc3)n2)CCCCCC1. The molecule has 0 aliphatic heterocycles. The Balaban J connectivity index is 1.66. The number of likely N-dealkylation sites (N-methyl/N-ethyl adjacent to an activating group) is 1. The molecule has 4 nitrogen and oxygen atoms in total. The van der Waals surface area contributed by atoms with Gasteiger partial charge in [0, 0.05) is 23.0 Å². The zero-order valence-corrected chi connectivity index (χ0v) is 15.9. The third-order valence-corrected chi connectivity index (χ3v) is 6.21. The Morgan fingerprint density at radius 2 is 1.84 bits per heavy atom. The first-order valence-electron chi connectivity index (χ1n) is 9.07. The lowest BCUT2D eigenvalue weighted by molar-refractivity contribution is 0.0865. The second-order valence-corrected chi connectivity index (χ2v) is 7.98. The molecular formula is C20H27N3OS. The Labute approximate surface area is 154 Å². The molecule has 3 rings (SSSR count). The number of carbonyl (C=O) groups excluding carboxylic acids is 1. The summed E-state index contributed by atoms with van der Waals surface area (Å²) in [5.74, 6) is -0.0658. The minimum absolute atomic E-state index is 0.0658. The average molecular weight is 358 g/mol. The lowest BCUT2D eigenvalue weighted by Gasteiger charge is -2.39. The second kappa shape index (κ2) is 8.11. The molecule has 1 fully saturated rings. The highest BCUT2D eigenvalue weighted by atomic mass is 32.1. The van der Waals surface area contributed by atoms with Gasteiger partial charge in [-0.1, -0.05) is 56.0 Å². The average Bonchev–Trinajstić information content (AvgIpc) is 3.00. The van der Waals surface area contributed by atoms with E-state index in [1.54, 1.807) is 0 Å². The number of hydrogen-bond acceptors (Lipinski definition) is 4. The van der Waals surface area contributed by atoms with E-state index < -0.39 is 0 Å². The van der Waals surface area contributed by atoms with Crippen molar-refractivity contribution < 1.29 is 4.79 Å². The Morgan fingerprint density at radius 1 is 1.16 bits per heavy atom. The number of rotatable bonds is 5. The molecule has 1 N–H and O–H groups in total. The van der Waals surface area contributed by atoms with Crippen LogP contribution in [-0.2, 0) is 0 Å². The fraction of sp³-hybridized carbons (Fsp3) is 0.500. The van der Waals surface area contributed by atoms with Gasteiger partial charge in [-0.25, -0.2) is 4.98 Å². The highest BCUT2D eigenvalue weighted by molar-refractivity contribution is 7.13. The summed E-state index contributed by atoms with van der Waals surface area (Å²) in [5.41, 5.74) is 1.65. The van der Waals surface area contributed by atoms with E-state index in [-0.39, 0.29) is 11.4 Å². The molecule has 0 bridgehead atoms. The summed E-state index contributed by atoms with van der Waals surface area (Å²) in [5, 5.41) is 5.89. The predicted molar refractivity (Wildman–Crippen MR) is 104 cm³/mol. The molecule has 1 saturated carbocycles. The van der Waals surface area contributed by atoms with Gasteiger partial charge in [0.05, 0.1) is 0 Å². The summed E-state index contributed by atoms with van der Waals surface area (Å²) in [4.78, 5) is 19.4. The zero-order valence-electron chi connectivity index (χ0n) is 15.1. The van der Waals surface area contributed by atoms with Crippen LogP contribution in [0.25, 0.3) is 10.6 Å². The second-order valence-electron chi connectivity index (χ2n) is 7.12. The van der Waals surface area contributed by atoms with E-state index >= 15 is 0 Å². The van der Waals surface area contributed by atoms with Gasteiger partial charge in [0.15, 0.2) is 0 Å². The van der Waals surface area contributed by atoms with Crippen molar-refractivity contribution in [1.82, 2.24) is 15.2 Å². The summed E-state index contributed by atoms with van der Waals surface area (Å²) < 4.78 is 0. The van der Waals surface area contributed by atoms with Crippen LogP contribution in [0, 0.1) is 0 Å². The number of aromatic nitrogens is 1. The van der Waals surface area contributed by atoms with Gasteiger partial charge in [0.25, 0.3) is 5.91 Å². The molecule has 0 radical (unpaired) electrons. The van der Waals surface area contributed by atoms with Crippen molar-refractivity contribution in [3.8, 4) is 10.6 Å². The molecular weight excluding hydrogens is 330 g/mol. The first-order chi connectivity index (χ1) is 12.1. The van der Waals surface area contributed by atoms with Crippen molar-refractivity contribution in [2.75, 3.05) is 20.6 Å². The molecule has 0 saturated heterocycles. The third kappa shape index (κ3) is 4.28. The van der Waals surface area contributed by atoms with Crippen molar-refractivity contribution in [3.63, 3.8) is 0 Å². The van der Waals surface area contributed by atoms with E-state index in [0.717, 1.165) is 23.4 Å². The maximum Gasteiger partial charge on any atom is 0.270 e. The minimum atomic E-state index is -0.0658. The van der Waals surface area contributed by atoms with Crippen LogP contribution in [0.4, 0.5) is 0 Å². The number of carbonyl (C=O) groups is 1. The van der Waals surface area contributed by atoms with Gasteiger partial charge in [-0.05, 0) is 26.9 Å². The summed E-state index contributed by atoms with van der Waals surface area (Å²) in [6.45, 7) is 0.691. The summed E-state index contributed by atoms with van der Waals surface area (Å²) in [7, 11) is 4.27. The highest BCUT2D eigenvalue weighted by Gasteiger charge is 2.33. The van der Waals surface area contributed by atoms with Gasteiger partial charge in [-0.15, -0.1) is 11.3 Å². The largest absolute Gasteiger partial charge is 0.349 e. The van der Waals surface area contributed by atoms with Crippen molar-refractivity contribution in [2.45, 2.75) is 44.1 Å². The maximum absolute atomic E-state index is 12.6. The van der Waals surface area contributed by atoms with Crippen molar-refractivity contribution in [1.29, 1.82) is 0 Å². The van der Waals surface area contributed by atoms with E-state index in [1.807, 2.05) is 35.7 Å². The normalized spacial score (nSPS) is 17.2. The molecule has 0 atom stereocenters. The first kappa shape index (κ1) is 18.1. The van der Waals surface area contributed by atoms with Crippen LogP contribution in [0.15, 0.2) is 35.7 Å². The van der Waals surface area contributed by atoms with Crippen LogP contribution >= 0.6 is 11.3 Å². The first-order valence-corrected chi connectivity index (χ1v) is 9.95. The Kier molecular flexibility index (Phi) is 5.86. The molecule has 1 aliphatic carbocycles. The third-order valence-electron chi connectivity index (χ3n) is 5.32. The fourth-order valence-corrected chi connectivity index (χ4v) is 4.40. The van der Waals surface area contributed by atoms with Crippen LogP contribution in [0.5, 0.6) is 0 Å². The number of hydrogen-bond donors (Lipinski definition) is 1. The minimum Gasteiger partial charge on any atom is -0.349 e. The van der Waals surface area contributed by atoms with Crippen molar-refractivity contribution >= 4 is 17.2 Å². The van der Waals surface area contributed by atoms with Gasteiger partial charge in [-0.2, -0.15) is 0 Å².